The maximum absolute atomic E-state index is 3.68. The first-order valence-corrected chi connectivity index (χ1v) is 6.26. The highest BCUT2D eigenvalue weighted by atomic mass is 79.9. The van der Waals surface area contributed by atoms with Crippen LogP contribution in [0.4, 0.5) is 0 Å². The molecule has 0 fully saturated rings. The Morgan fingerprint density at radius 1 is 1.36 bits per heavy atom. The summed E-state index contributed by atoms with van der Waals surface area (Å²) in [5.41, 5.74) is 2.59. The summed E-state index contributed by atoms with van der Waals surface area (Å²) < 4.78 is 1.18. The number of alkyl halides is 1. The van der Waals surface area contributed by atoms with E-state index in [1.54, 1.807) is 0 Å². The van der Waals surface area contributed by atoms with Crippen molar-refractivity contribution in [3.63, 3.8) is 0 Å². The molecule has 1 atom stereocenters. The first kappa shape index (κ1) is 12.2. The van der Waals surface area contributed by atoms with Crippen molar-refractivity contribution in [1.82, 2.24) is 4.90 Å². The fourth-order valence-electron chi connectivity index (χ4n) is 1.23. The molecular formula is C11H15Br2N. The van der Waals surface area contributed by atoms with Crippen LogP contribution in [0.1, 0.15) is 16.0 Å². The van der Waals surface area contributed by atoms with Crippen LogP contribution in [0.15, 0.2) is 22.7 Å². The van der Waals surface area contributed by atoms with Crippen molar-refractivity contribution in [3.8, 4) is 0 Å². The number of likely N-dealkylation sites (N-methyl/N-ethyl adjacent to an activating group) is 1. The van der Waals surface area contributed by atoms with E-state index in [2.05, 4.69) is 76.0 Å². The summed E-state index contributed by atoms with van der Waals surface area (Å²) in [6.07, 6.45) is 0. The standard InChI is InChI=1S/C11H15Br2N/c1-8-4-5-9(6-10(8)12)11(13)7-14(2)3/h4-6,11H,7H2,1-3H3. The summed E-state index contributed by atoms with van der Waals surface area (Å²) >= 11 is 7.23. The third-order valence-corrected chi connectivity index (χ3v) is 3.76. The van der Waals surface area contributed by atoms with E-state index < -0.39 is 0 Å². The molecule has 3 heteroatoms. The van der Waals surface area contributed by atoms with Gasteiger partial charge in [0.1, 0.15) is 0 Å². The second-order valence-electron chi connectivity index (χ2n) is 3.74. The minimum atomic E-state index is 0.398. The van der Waals surface area contributed by atoms with Crippen molar-refractivity contribution in [3.05, 3.63) is 33.8 Å². The molecule has 1 nitrogen and oxygen atoms in total. The summed E-state index contributed by atoms with van der Waals surface area (Å²) in [7, 11) is 4.16. The molecule has 0 saturated heterocycles. The molecule has 0 amide bonds. The molecule has 0 aliphatic carbocycles. The molecule has 0 aromatic heterocycles. The highest BCUT2D eigenvalue weighted by Gasteiger charge is 2.09. The second kappa shape index (κ2) is 5.29. The third-order valence-electron chi connectivity index (χ3n) is 2.08. The van der Waals surface area contributed by atoms with E-state index in [1.165, 1.54) is 15.6 Å². The van der Waals surface area contributed by atoms with E-state index in [1.807, 2.05) is 0 Å². The number of rotatable bonds is 3. The lowest BCUT2D eigenvalue weighted by molar-refractivity contribution is 0.412. The normalized spacial score (nSPS) is 13.3. The second-order valence-corrected chi connectivity index (χ2v) is 5.70. The topological polar surface area (TPSA) is 3.24 Å². The van der Waals surface area contributed by atoms with Crippen molar-refractivity contribution in [2.45, 2.75) is 11.8 Å². The molecule has 0 bridgehead atoms. The molecule has 1 rings (SSSR count). The Labute approximate surface area is 103 Å². The maximum atomic E-state index is 3.68. The molecule has 1 aromatic rings. The smallest absolute Gasteiger partial charge is 0.0522 e. The Hall–Kier alpha value is 0.140. The van der Waals surface area contributed by atoms with Gasteiger partial charge in [0.05, 0.1) is 4.83 Å². The summed E-state index contributed by atoms with van der Waals surface area (Å²) in [4.78, 5) is 2.57. The first-order chi connectivity index (χ1) is 6.50. The molecule has 0 N–H and O–H groups in total. The van der Waals surface area contributed by atoms with E-state index in [0.29, 0.717) is 4.83 Å². The zero-order chi connectivity index (χ0) is 10.7. The van der Waals surface area contributed by atoms with E-state index in [9.17, 15) is 0 Å². The fourth-order valence-corrected chi connectivity index (χ4v) is 2.49. The van der Waals surface area contributed by atoms with Crippen molar-refractivity contribution < 1.29 is 0 Å². The van der Waals surface area contributed by atoms with Crippen LogP contribution in [0.25, 0.3) is 0 Å². The van der Waals surface area contributed by atoms with Crippen LogP contribution in [0.3, 0.4) is 0 Å². The van der Waals surface area contributed by atoms with Gasteiger partial charge >= 0.3 is 0 Å². The Kier molecular flexibility index (Phi) is 4.61. The van der Waals surface area contributed by atoms with Crippen LogP contribution in [-0.2, 0) is 0 Å². The van der Waals surface area contributed by atoms with Gasteiger partial charge in [-0.1, -0.05) is 44.0 Å². The van der Waals surface area contributed by atoms with Gasteiger partial charge in [-0.2, -0.15) is 0 Å². The van der Waals surface area contributed by atoms with Crippen LogP contribution >= 0.6 is 31.9 Å². The quantitative estimate of drug-likeness (QED) is 0.767. The Morgan fingerprint density at radius 2 is 2.00 bits per heavy atom. The first-order valence-electron chi connectivity index (χ1n) is 4.55. The Bertz CT molecular complexity index is 310. The van der Waals surface area contributed by atoms with Gasteiger partial charge in [0.25, 0.3) is 0 Å². The third kappa shape index (κ3) is 3.37. The van der Waals surface area contributed by atoms with Crippen LogP contribution in [0.2, 0.25) is 0 Å². The summed E-state index contributed by atoms with van der Waals surface area (Å²) in [6, 6.07) is 6.49. The van der Waals surface area contributed by atoms with Crippen molar-refractivity contribution in [2.24, 2.45) is 0 Å². The monoisotopic (exact) mass is 319 g/mol. The molecular weight excluding hydrogens is 306 g/mol. The average molecular weight is 321 g/mol. The largest absolute Gasteiger partial charge is 0.308 e. The zero-order valence-electron chi connectivity index (χ0n) is 8.72. The predicted molar refractivity (Wildman–Crippen MR) is 69.1 cm³/mol. The molecule has 0 aliphatic rings. The van der Waals surface area contributed by atoms with E-state index in [-0.39, 0.29) is 0 Å². The van der Waals surface area contributed by atoms with Gasteiger partial charge in [-0.15, -0.1) is 0 Å². The predicted octanol–water partition coefficient (Wildman–Crippen LogP) is 3.76. The maximum Gasteiger partial charge on any atom is 0.0522 e. The number of hydrogen-bond donors (Lipinski definition) is 0. The van der Waals surface area contributed by atoms with E-state index in [4.69, 9.17) is 0 Å². The molecule has 0 aliphatic heterocycles. The van der Waals surface area contributed by atoms with Gasteiger partial charge in [0, 0.05) is 11.0 Å². The number of benzene rings is 1. The van der Waals surface area contributed by atoms with Gasteiger partial charge in [0.2, 0.25) is 0 Å². The summed E-state index contributed by atoms with van der Waals surface area (Å²) in [5, 5.41) is 0. The van der Waals surface area contributed by atoms with Gasteiger partial charge < -0.3 is 4.90 Å². The molecule has 1 aromatic carbocycles. The minimum Gasteiger partial charge on any atom is -0.308 e. The molecule has 78 valence electrons. The molecule has 0 saturated carbocycles. The van der Waals surface area contributed by atoms with Crippen molar-refractivity contribution in [2.75, 3.05) is 20.6 Å². The van der Waals surface area contributed by atoms with Crippen LogP contribution in [0.5, 0.6) is 0 Å². The summed E-state index contributed by atoms with van der Waals surface area (Å²) in [6.45, 7) is 3.11. The number of nitrogens with zero attached hydrogens (tertiary/aromatic N) is 1. The lowest BCUT2D eigenvalue weighted by Gasteiger charge is -2.16. The number of halogens is 2. The van der Waals surface area contributed by atoms with Gasteiger partial charge in [-0.05, 0) is 38.2 Å². The Balaban J connectivity index is 2.80. The molecule has 0 heterocycles. The number of hydrogen-bond acceptors (Lipinski definition) is 1. The van der Waals surface area contributed by atoms with Gasteiger partial charge in [-0.3, -0.25) is 0 Å². The van der Waals surface area contributed by atoms with E-state index in [0.717, 1.165) is 6.54 Å². The SMILES string of the molecule is Cc1ccc(C(Br)CN(C)C)cc1Br. The van der Waals surface area contributed by atoms with Crippen molar-refractivity contribution in [1.29, 1.82) is 0 Å². The average Bonchev–Trinajstić information content (AvgIpc) is 2.08. The molecule has 14 heavy (non-hydrogen) atoms. The van der Waals surface area contributed by atoms with Crippen LogP contribution < -0.4 is 0 Å². The minimum absolute atomic E-state index is 0.398. The fraction of sp³-hybridized carbons (Fsp3) is 0.455. The van der Waals surface area contributed by atoms with Gasteiger partial charge in [0.15, 0.2) is 0 Å². The van der Waals surface area contributed by atoms with E-state index >= 15 is 0 Å². The van der Waals surface area contributed by atoms with Crippen molar-refractivity contribution >= 4 is 31.9 Å². The van der Waals surface area contributed by atoms with Gasteiger partial charge in [-0.25, -0.2) is 0 Å². The molecule has 0 spiro atoms. The van der Waals surface area contributed by atoms with Crippen LogP contribution in [-0.4, -0.2) is 25.5 Å². The highest BCUT2D eigenvalue weighted by Crippen LogP contribution is 2.27. The lowest BCUT2D eigenvalue weighted by atomic mass is 10.1. The van der Waals surface area contributed by atoms with Crippen LogP contribution in [0, 0.1) is 6.92 Å². The number of aryl methyl sites for hydroxylation is 1. The summed E-state index contributed by atoms with van der Waals surface area (Å²) in [5.74, 6) is 0. The highest BCUT2D eigenvalue weighted by molar-refractivity contribution is 9.10. The lowest BCUT2D eigenvalue weighted by Crippen LogP contribution is -2.17. The molecule has 1 unspecified atom stereocenters. The zero-order valence-corrected chi connectivity index (χ0v) is 11.9. The molecule has 0 radical (unpaired) electrons. The Morgan fingerprint density at radius 3 is 2.50 bits per heavy atom.